The molecule has 2 rings (SSSR count). The number of amides is 1. The van der Waals surface area contributed by atoms with E-state index in [-0.39, 0.29) is 17.8 Å². The molecule has 0 fully saturated rings. The Morgan fingerprint density at radius 2 is 1.65 bits per heavy atom. The zero-order chi connectivity index (χ0) is 18.9. The molecule has 1 unspecified atom stereocenters. The summed E-state index contributed by atoms with van der Waals surface area (Å²) in [7, 11) is 2.99. The molecule has 0 saturated carbocycles. The number of esters is 1. The second-order valence-electron chi connectivity index (χ2n) is 6.14. The minimum atomic E-state index is -0.386. The van der Waals surface area contributed by atoms with Crippen molar-refractivity contribution in [2.75, 3.05) is 27.3 Å². The molecule has 1 amide bonds. The Morgan fingerprint density at radius 1 is 1.00 bits per heavy atom. The molecule has 0 bridgehead atoms. The van der Waals surface area contributed by atoms with Crippen molar-refractivity contribution < 1.29 is 19.1 Å². The summed E-state index contributed by atoms with van der Waals surface area (Å²) in [6.45, 7) is 2.60. The summed E-state index contributed by atoms with van der Waals surface area (Å²) in [4.78, 5) is 26.4. The van der Waals surface area contributed by atoms with Gasteiger partial charge in [0, 0.05) is 18.7 Å². The first-order valence-corrected chi connectivity index (χ1v) is 8.60. The molecule has 0 aromatic heterocycles. The molecule has 5 heteroatoms. The Labute approximate surface area is 154 Å². The van der Waals surface area contributed by atoms with E-state index >= 15 is 0 Å². The van der Waals surface area contributed by atoms with Gasteiger partial charge in [0.1, 0.15) is 5.75 Å². The van der Waals surface area contributed by atoms with E-state index in [2.05, 4.69) is 0 Å². The largest absolute Gasteiger partial charge is 0.497 e. The van der Waals surface area contributed by atoms with Gasteiger partial charge in [-0.2, -0.15) is 0 Å². The maximum absolute atomic E-state index is 12.9. The average Bonchev–Trinajstić information content (AvgIpc) is 2.70. The van der Waals surface area contributed by atoms with Gasteiger partial charge < -0.3 is 14.4 Å². The number of ether oxygens (including phenoxy) is 2. The Kier molecular flexibility index (Phi) is 7.21. The molecular weight excluding hydrogens is 330 g/mol. The lowest BCUT2D eigenvalue weighted by atomic mass is 10.1. The Hall–Kier alpha value is -2.82. The van der Waals surface area contributed by atoms with Gasteiger partial charge in [0.05, 0.1) is 20.1 Å². The molecule has 0 radical (unpaired) electrons. The van der Waals surface area contributed by atoms with E-state index in [1.165, 1.54) is 7.11 Å². The molecule has 0 aliphatic rings. The second kappa shape index (κ2) is 9.61. The van der Waals surface area contributed by atoms with E-state index < -0.39 is 0 Å². The van der Waals surface area contributed by atoms with Crippen molar-refractivity contribution in [1.29, 1.82) is 0 Å². The smallest absolute Gasteiger partial charge is 0.310 e. The van der Waals surface area contributed by atoms with Crippen molar-refractivity contribution >= 4 is 11.9 Å². The van der Waals surface area contributed by atoms with Crippen molar-refractivity contribution in [3.05, 3.63) is 65.7 Å². The van der Waals surface area contributed by atoms with Crippen LogP contribution >= 0.6 is 0 Å². The van der Waals surface area contributed by atoms with Crippen LogP contribution in [-0.2, 0) is 16.0 Å². The summed E-state index contributed by atoms with van der Waals surface area (Å²) in [5.74, 6) is 0.00369. The van der Waals surface area contributed by atoms with Crippen LogP contribution in [-0.4, -0.2) is 44.1 Å². The standard InChI is InChI=1S/C21H25NO4/c1-16(21(24)26-3)15-22(20(23)18-7-5-4-6-8-18)14-13-17-9-11-19(25-2)12-10-17/h4-12,16H,13-15H2,1-3H3. The van der Waals surface area contributed by atoms with Crippen LogP contribution in [0.1, 0.15) is 22.8 Å². The molecule has 0 heterocycles. The molecule has 5 nitrogen and oxygen atoms in total. The predicted octanol–water partition coefficient (Wildman–Crippen LogP) is 3.19. The molecule has 2 aromatic rings. The van der Waals surface area contributed by atoms with E-state index in [1.54, 1.807) is 31.1 Å². The van der Waals surface area contributed by atoms with Gasteiger partial charge in [-0.3, -0.25) is 9.59 Å². The number of hydrogen-bond acceptors (Lipinski definition) is 4. The summed E-state index contributed by atoms with van der Waals surface area (Å²) < 4.78 is 9.96. The maximum atomic E-state index is 12.9. The lowest BCUT2D eigenvalue weighted by Gasteiger charge is -2.25. The first kappa shape index (κ1) is 19.5. The monoisotopic (exact) mass is 355 g/mol. The van der Waals surface area contributed by atoms with E-state index in [0.29, 0.717) is 25.1 Å². The van der Waals surface area contributed by atoms with Crippen molar-refractivity contribution in [3.63, 3.8) is 0 Å². The normalized spacial score (nSPS) is 11.5. The van der Waals surface area contributed by atoms with Crippen LogP contribution < -0.4 is 4.74 Å². The molecule has 0 aliphatic carbocycles. The van der Waals surface area contributed by atoms with Gasteiger partial charge >= 0.3 is 5.97 Å². The van der Waals surface area contributed by atoms with Crippen LogP contribution in [0.15, 0.2) is 54.6 Å². The third-order valence-electron chi connectivity index (χ3n) is 4.24. The van der Waals surface area contributed by atoms with E-state index in [9.17, 15) is 9.59 Å². The molecule has 0 aliphatic heterocycles. The van der Waals surface area contributed by atoms with Crippen molar-refractivity contribution in [2.24, 2.45) is 5.92 Å². The number of methoxy groups -OCH3 is 2. The third-order valence-corrected chi connectivity index (χ3v) is 4.24. The molecule has 26 heavy (non-hydrogen) atoms. The molecular formula is C21H25NO4. The van der Waals surface area contributed by atoms with Crippen LogP contribution in [0.3, 0.4) is 0 Å². The second-order valence-corrected chi connectivity index (χ2v) is 6.14. The molecule has 138 valence electrons. The van der Waals surface area contributed by atoms with Crippen LogP contribution in [0.4, 0.5) is 0 Å². The van der Waals surface area contributed by atoms with Crippen molar-refractivity contribution in [3.8, 4) is 5.75 Å². The SMILES string of the molecule is COC(=O)C(C)CN(CCc1ccc(OC)cc1)C(=O)c1ccccc1. The zero-order valence-corrected chi connectivity index (χ0v) is 15.5. The van der Waals surface area contributed by atoms with Gasteiger partial charge in [0.25, 0.3) is 5.91 Å². The Morgan fingerprint density at radius 3 is 2.23 bits per heavy atom. The predicted molar refractivity (Wildman–Crippen MR) is 100 cm³/mol. The number of carbonyl (C=O) groups is 2. The lowest BCUT2D eigenvalue weighted by Crippen LogP contribution is -2.38. The maximum Gasteiger partial charge on any atom is 0.310 e. The summed E-state index contributed by atoms with van der Waals surface area (Å²) in [5.41, 5.74) is 1.71. The molecule has 0 spiro atoms. The number of carbonyl (C=O) groups excluding carboxylic acids is 2. The molecule has 1 atom stereocenters. The highest BCUT2D eigenvalue weighted by Gasteiger charge is 2.22. The highest BCUT2D eigenvalue weighted by atomic mass is 16.5. The van der Waals surface area contributed by atoms with E-state index in [1.807, 2.05) is 42.5 Å². The minimum Gasteiger partial charge on any atom is -0.497 e. The Balaban J connectivity index is 2.11. The molecule has 0 saturated heterocycles. The van der Waals surface area contributed by atoms with Crippen molar-refractivity contribution in [1.82, 2.24) is 4.90 Å². The zero-order valence-electron chi connectivity index (χ0n) is 15.5. The fraction of sp³-hybridized carbons (Fsp3) is 0.333. The highest BCUT2D eigenvalue weighted by Crippen LogP contribution is 2.14. The van der Waals surface area contributed by atoms with Crippen molar-refractivity contribution in [2.45, 2.75) is 13.3 Å². The van der Waals surface area contributed by atoms with Gasteiger partial charge in [-0.05, 0) is 36.2 Å². The highest BCUT2D eigenvalue weighted by molar-refractivity contribution is 5.94. The topological polar surface area (TPSA) is 55.8 Å². The van der Waals surface area contributed by atoms with Crippen LogP contribution in [0.2, 0.25) is 0 Å². The first-order valence-electron chi connectivity index (χ1n) is 8.60. The fourth-order valence-corrected chi connectivity index (χ4v) is 2.70. The van der Waals surface area contributed by atoms with Gasteiger partial charge in [-0.1, -0.05) is 37.3 Å². The van der Waals surface area contributed by atoms with E-state index in [0.717, 1.165) is 11.3 Å². The Bertz CT molecular complexity index is 713. The number of nitrogens with zero attached hydrogens (tertiary/aromatic N) is 1. The molecule has 0 N–H and O–H groups in total. The number of rotatable bonds is 8. The fourth-order valence-electron chi connectivity index (χ4n) is 2.70. The minimum absolute atomic E-state index is 0.0881. The van der Waals surface area contributed by atoms with Gasteiger partial charge in [-0.25, -0.2) is 0 Å². The molecule has 2 aromatic carbocycles. The van der Waals surface area contributed by atoms with Gasteiger partial charge in [0.2, 0.25) is 0 Å². The lowest BCUT2D eigenvalue weighted by molar-refractivity contribution is -0.145. The third kappa shape index (κ3) is 5.34. The van der Waals surface area contributed by atoms with Gasteiger partial charge in [-0.15, -0.1) is 0 Å². The quantitative estimate of drug-likeness (QED) is 0.683. The van der Waals surface area contributed by atoms with Crippen LogP contribution in [0.5, 0.6) is 5.75 Å². The van der Waals surface area contributed by atoms with E-state index in [4.69, 9.17) is 9.47 Å². The first-order chi connectivity index (χ1) is 12.5. The summed E-state index contributed by atoms with van der Waals surface area (Å²) in [5, 5.41) is 0. The van der Waals surface area contributed by atoms with Crippen LogP contribution in [0.25, 0.3) is 0 Å². The summed E-state index contributed by atoms with van der Waals surface area (Å²) in [6.07, 6.45) is 0.691. The number of hydrogen-bond donors (Lipinski definition) is 0. The van der Waals surface area contributed by atoms with Gasteiger partial charge in [0.15, 0.2) is 0 Å². The summed E-state index contributed by atoms with van der Waals surface area (Å²) in [6, 6.07) is 16.9. The summed E-state index contributed by atoms with van der Waals surface area (Å²) >= 11 is 0. The average molecular weight is 355 g/mol. The number of benzene rings is 2. The van der Waals surface area contributed by atoms with Crippen LogP contribution in [0, 0.1) is 5.92 Å².